The Labute approximate surface area is 155 Å². The SMILES string of the molecule is C=C(C)C(F)(CC)C(F)(C(=C)C)C(F)(CC)C(C)(F)C(F)(CC)C(F)(F)F. The van der Waals surface area contributed by atoms with E-state index in [1.165, 1.54) is 0 Å². The molecule has 0 aliphatic heterocycles. The molecule has 0 aromatic carbocycles. The van der Waals surface area contributed by atoms with Crippen LogP contribution in [0.15, 0.2) is 24.3 Å². The largest absolute Gasteiger partial charge is 0.425 e. The van der Waals surface area contributed by atoms with Gasteiger partial charge in [-0.05, 0) is 51.2 Å². The van der Waals surface area contributed by atoms with Gasteiger partial charge in [-0.3, -0.25) is 0 Å². The van der Waals surface area contributed by atoms with Crippen molar-refractivity contribution in [2.45, 2.75) is 95.3 Å². The minimum absolute atomic E-state index is 0.0146. The molecule has 5 unspecified atom stereocenters. The van der Waals surface area contributed by atoms with Gasteiger partial charge in [0.15, 0.2) is 17.0 Å². The van der Waals surface area contributed by atoms with Crippen molar-refractivity contribution in [2.24, 2.45) is 0 Å². The fourth-order valence-electron chi connectivity index (χ4n) is 3.84. The number of halogens is 8. The van der Waals surface area contributed by atoms with Gasteiger partial charge in [-0.2, -0.15) is 13.2 Å². The Hall–Kier alpha value is -1.08. The van der Waals surface area contributed by atoms with Gasteiger partial charge in [0.25, 0.3) is 0 Å². The molecular formula is C19H28F8. The van der Waals surface area contributed by atoms with Gasteiger partial charge >= 0.3 is 6.18 Å². The molecule has 0 rings (SSSR count). The van der Waals surface area contributed by atoms with Crippen molar-refractivity contribution in [1.82, 2.24) is 0 Å². The molecule has 0 N–H and O–H groups in total. The van der Waals surface area contributed by atoms with E-state index in [-0.39, 0.29) is 6.92 Å². The van der Waals surface area contributed by atoms with Crippen LogP contribution in [-0.4, -0.2) is 34.5 Å². The number of hydrogen-bond acceptors (Lipinski definition) is 0. The monoisotopic (exact) mass is 408 g/mol. The summed E-state index contributed by atoms with van der Waals surface area (Å²) in [6.45, 7) is 10.8. The molecule has 0 aromatic rings. The third-order valence-electron chi connectivity index (χ3n) is 5.76. The van der Waals surface area contributed by atoms with Gasteiger partial charge in [-0.25, -0.2) is 22.0 Å². The highest BCUT2D eigenvalue weighted by atomic mass is 19.4. The molecule has 0 fully saturated rings. The van der Waals surface area contributed by atoms with Gasteiger partial charge in [0, 0.05) is 0 Å². The summed E-state index contributed by atoms with van der Waals surface area (Å²) < 4.78 is 118. The number of allylic oxidation sites excluding steroid dienone is 2. The molecule has 0 radical (unpaired) electrons. The topological polar surface area (TPSA) is 0 Å². The van der Waals surface area contributed by atoms with Gasteiger partial charge < -0.3 is 0 Å². The fourth-order valence-corrected chi connectivity index (χ4v) is 3.84. The van der Waals surface area contributed by atoms with E-state index in [1.807, 2.05) is 0 Å². The maximum Gasteiger partial charge on any atom is 0.425 e. The second-order valence-electron chi connectivity index (χ2n) is 7.18. The molecule has 0 aliphatic rings. The van der Waals surface area contributed by atoms with Crippen LogP contribution >= 0.6 is 0 Å². The molecule has 5 atom stereocenters. The van der Waals surface area contributed by atoms with Crippen LogP contribution in [0.4, 0.5) is 35.1 Å². The third kappa shape index (κ3) is 3.11. The summed E-state index contributed by atoms with van der Waals surface area (Å²) in [7, 11) is 0. The maximum atomic E-state index is 16.1. The molecular weight excluding hydrogens is 380 g/mol. The van der Waals surface area contributed by atoms with Crippen LogP contribution in [0.3, 0.4) is 0 Å². The quantitative estimate of drug-likeness (QED) is 0.274. The second-order valence-corrected chi connectivity index (χ2v) is 7.18. The van der Waals surface area contributed by atoms with E-state index in [0.717, 1.165) is 27.7 Å². The predicted molar refractivity (Wildman–Crippen MR) is 91.4 cm³/mol. The Morgan fingerprint density at radius 2 is 1.04 bits per heavy atom. The lowest BCUT2D eigenvalue weighted by atomic mass is 9.58. The molecule has 27 heavy (non-hydrogen) atoms. The van der Waals surface area contributed by atoms with Crippen LogP contribution in [0.1, 0.15) is 60.8 Å². The standard InChI is InChI=1S/C19H28F8/c1-9-15(21,12(4)5)18(24,13(6)7)16(22,10-2)14(8,20)17(23,11-3)19(25,26)27/h4,6,9-11H2,1-3,5,7-8H3. The van der Waals surface area contributed by atoms with Crippen LogP contribution in [0, 0.1) is 0 Å². The number of hydrogen-bond donors (Lipinski definition) is 0. The lowest BCUT2D eigenvalue weighted by Gasteiger charge is -2.55. The van der Waals surface area contributed by atoms with E-state index in [1.54, 1.807) is 0 Å². The minimum Gasteiger partial charge on any atom is -0.237 e. The smallest absolute Gasteiger partial charge is 0.237 e. The normalized spacial score (nSPS) is 23.9. The molecule has 0 heterocycles. The summed E-state index contributed by atoms with van der Waals surface area (Å²) in [4.78, 5) is 0. The highest BCUT2D eigenvalue weighted by Gasteiger charge is 2.81. The van der Waals surface area contributed by atoms with Gasteiger partial charge in [0.05, 0.1) is 0 Å². The van der Waals surface area contributed by atoms with Gasteiger partial charge in [0.2, 0.25) is 11.3 Å². The maximum absolute atomic E-state index is 16.1. The van der Waals surface area contributed by atoms with Crippen molar-refractivity contribution >= 4 is 0 Å². The molecule has 0 nitrogen and oxygen atoms in total. The van der Waals surface area contributed by atoms with Gasteiger partial charge in [0.1, 0.15) is 0 Å². The molecule has 0 saturated carbocycles. The Morgan fingerprint density at radius 1 is 0.667 bits per heavy atom. The van der Waals surface area contributed by atoms with Gasteiger partial charge in [-0.15, -0.1) is 0 Å². The van der Waals surface area contributed by atoms with Crippen LogP contribution in [0.2, 0.25) is 0 Å². The van der Waals surface area contributed by atoms with Gasteiger partial charge in [-0.1, -0.05) is 33.9 Å². The molecule has 0 spiro atoms. The Bertz CT molecular complexity index is 581. The Balaban J connectivity index is 7.23. The van der Waals surface area contributed by atoms with E-state index in [2.05, 4.69) is 13.2 Å². The first-order chi connectivity index (χ1) is 11.8. The summed E-state index contributed by atoms with van der Waals surface area (Å²) in [5, 5.41) is 0. The first-order valence-corrected chi connectivity index (χ1v) is 8.65. The van der Waals surface area contributed by atoms with E-state index in [4.69, 9.17) is 0 Å². The average Bonchev–Trinajstić information content (AvgIpc) is 2.56. The van der Waals surface area contributed by atoms with Crippen molar-refractivity contribution in [2.75, 3.05) is 0 Å². The average molecular weight is 408 g/mol. The van der Waals surface area contributed by atoms with Crippen LogP contribution in [0.25, 0.3) is 0 Å². The van der Waals surface area contributed by atoms with Crippen molar-refractivity contribution in [1.29, 1.82) is 0 Å². The summed E-state index contributed by atoms with van der Waals surface area (Å²) in [5.74, 6) is 0. The third-order valence-corrected chi connectivity index (χ3v) is 5.76. The molecule has 8 heteroatoms. The zero-order valence-corrected chi connectivity index (χ0v) is 16.6. The Morgan fingerprint density at radius 3 is 1.22 bits per heavy atom. The molecule has 0 bridgehead atoms. The molecule has 0 amide bonds. The van der Waals surface area contributed by atoms with Crippen LogP contribution in [0.5, 0.6) is 0 Å². The highest BCUT2D eigenvalue weighted by molar-refractivity contribution is 5.39. The van der Waals surface area contributed by atoms with E-state index < -0.39 is 64.9 Å². The molecule has 160 valence electrons. The van der Waals surface area contributed by atoms with Crippen LogP contribution < -0.4 is 0 Å². The second kappa shape index (κ2) is 7.39. The first-order valence-electron chi connectivity index (χ1n) is 8.65. The van der Waals surface area contributed by atoms with E-state index in [9.17, 15) is 17.6 Å². The lowest BCUT2D eigenvalue weighted by Crippen LogP contribution is -2.75. The minimum atomic E-state index is -5.86. The molecule has 0 saturated heterocycles. The Kier molecular flexibility index (Phi) is 7.10. The summed E-state index contributed by atoms with van der Waals surface area (Å²) in [6.07, 6.45) is -9.43. The number of rotatable bonds is 9. The molecule has 0 aromatic heterocycles. The van der Waals surface area contributed by atoms with E-state index in [0.29, 0.717) is 6.92 Å². The highest BCUT2D eigenvalue weighted by Crippen LogP contribution is 2.62. The zero-order chi connectivity index (χ0) is 22.3. The first kappa shape index (κ1) is 25.9. The van der Waals surface area contributed by atoms with Crippen molar-refractivity contribution in [3.8, 4) is 0 Å². The van der Waals surface area contributed by atoms with Crippen molar-refractivity contribution in [3.63, 3.8) is 0 Å². The lowest BCUT2D eigenvalue weighted by molar-refractivity contribution is -0.310. The number of alkyl halides is 8. The summed E-state index contributed by atoms with van der Waals surface area (Å²) in [6, 6.07) is 0. The summed E-state index contributed by atoms with van der Waals surface area (Å²) in [5.41, 5.74) is -22.3. The predicted octanol–water partition coefficient (Wildman–Crippen LogP) is 7.49. The van der Waals surface area contributed by atoms with Crippen LogP contribution in [-0.2, 0) is 0 Å². The van der Waals surface area contributed by atoms with E-state index >= 15 is 17.6 Å². The fraction of sp³-hybridized carbons (Fsp3) is 0.789. The van der Waals surface area contributed by atoms with Crippen molar-refractivity contribution in [3.05, 3.63) is 24.3 Å². The molecule has 0 aliphatic carbocycles. The summed E-state index contributed by atoms with van der Waals surface area (Å²) >= 11 is 0. The zero-order valence-electron chi connectivity index (χ0n) is 16.6. The van der Waals surface area contributed by atoms with Crippen molar-refractivity contribution < 1.29 is 35.1 Å².